The molecule has 0 saturated heterocycles. The fourth-order valence-electron chi connectivity index (χ4n) is 2.69. The molecule has 0 spiro atoms. The van der Waals surface area contributed by atoms with Crippen LogP contribution in [0.3, 0.4) is 0 Å². The summed E-state index contributed by atoms with van der Waals surface area (Å²) >= 11 is 3.44. The third kappa shape index (κ3) is 4.20. The van der Waals surface area contributed by atoms with Crippen molar-refractivity contribution in [1.82, 2.24) is 9.78 Å². The molecule has 1 heterocycles. The number of carbonyl (C=O) groups excluding carboxylic acids is 1. The number of rotatable bonds is 6. The summed E-state index contributed by atoms with van der Waals surface area (Å²) in [5.41, 5.74) is 9.66. The molecular weight excluding hydrogens is 394 g/mol. The van der Waals surface area contributed by atoms with Crippen LogP contribution < -0.4 is 5.73 Å². The monoisotopic (exact) mass is 413 g/mol. The van der Waals surface area contributed by atoms with Crippen LogP contribution in [-0.2, 0) is 16.0 Å². The zero-order valence-electron chi connectivity index (χ0n) is 14.4. The fraction of sp³-hybridized carbons (Fsp3) is 0.200. The molecule has 5 nitrogen and oxygen atoms in total. The highest BCUT2D eigenvalue weighted by atomic mass is 79.9. The Morgan fingerprint density at radius 2 is 1.88 bits per heavy atom. The summed E-state index contributed by atoms with van der Waals surface area (Å²) in [7, 11) is 0. The number of nitrogens with two attached hydrogens (primary N) is 1. The van der Waals surface area contributed by atoms with Gasteiger partial charge in [-0.2, -0.15) is 5.10 Å². The van der Waals surface area contributed by atoms with E-state index in [0.717, 1.165) is 27.0 Å². The number of esters is 1. The molecule has 134 valence electrons. The third-order valence-corrected chi connectivity index (χ3v) is 4.49. The van der Waals surface area contributed by atoms with E-state index in [0.29, 0.717) is 13.0 Å². The highest BCUT2D eigenvalue weighted by molar-refractivity contribution is 9.10. The van der Waals surface area contributed by atoms with E-state index in [4.69, 9.17) is 15.6 Å². The molecule has 1 atom stereocenters. The lowest BCUT2D eigenvalue weighted by Gasteiger charge is -2.10. The zero-order valence-corrected chi connectivity index (χ0v) is 16.0. The minimum absolute atomic E-state index is 0.316. The first-order valence-corrected chi connectivity index (χ1v) is 9.20. The first-order chi connectivity index (χ1) is 12.6. The van der Waals surface area contributed by atoms with Crippen molar-refractivity contribution >= 4 is 21.9 Å². The first-order valence-electron chi connectivity index (χ1n) is 8.40. The molecule has 0 aliphatic rings. The molecule has 3 rings (SSSR count). The molecule has 2 aromatic carbocycles. The largest absolute Gasteiger partial charge is 0.465 e. The van der Waals surface area contributed by atoms with Crippen LogP contribution >= 0.6 is 15.9 Å². The average molecular weight is 414 g/mol. The molecule has 6 heteroatoms. The van der Waals surface area contributed by atoms with Crippen molar-refractivity contribution in [3.63, 3.8) is 0 Å². The van der Waals surface area contributed by atoms with Gasteiger partial charge in [0.25, 0.3) is 0 Å². The van der Waals surface area contributed by atoms with Gasteiger partial charge in [-0.15, -0.1) is 0 Å². The van der Waals surface area contributed by atoms with Gasteiger partial charge in [-0.05, 0) is 31.2 Å². The second-order valence-electron chi connectivity index (χ2n) is 5.85. The van der Waals surface area contributed by atoms with Gasteiger partial charge in [0.2, 0.25) is 0 Å². The van der Waals surface area contributed by atoms with Crippen LogP contribution in [0.1, 0.15) is 12.5 Å². The Labute approximate surface area is 160 Å². The van der Waals surface area contributed by atoms with Crippen molar-refractivity contribution in [2.45, 2.75) is 19.4 Å². The maximum absolute atomic E-state index is 11.9. The molecule has 0 aliphatic heterocycles. The third-order valence-electron chi connectivity index (χ3n) is 3.96. The number of ether oxygens (including phenoxy) is 1. The molecule has 1 unspecified atom stereocenters. The standard InChI is InChI=1S/C20H20BrN3O2/c1-2-26-20(25)18(22)12-15-13-24(17-10-8-16(21)9-11-17)23-19(15)14-6-4-3-5-7-14/h3-11,13,18H,2,12,22H2,1H3. The van der Waals surface area contributed by atoms with Crippen molar-refractivity contribution in [2.24, 2.45) is 5.73 Å². The van der Waals surface area contributed by atoms with E-state index >= 15 is 0 Å². The Morgan fingerprint density at radius 1 is 1.19 bits per heavy atom. The van der Waals surface area contributed by atoms with Gasteiger partial charge in [-0.25, -0.2) is 4.68 Å². The van der Waals surface area contributed by atoms with E-state index in [2.05, 4.69) is 15.9 Å². The normalized spacial score (nSPS) is 12.0. The van der Waals surface area contributed by atoms with Crippen LogP contribution in [0.15, 0.2) is 65.3 Å². The van der Waals surface area contributed by atoms with E-state index in [-0.39, 0.29) is 0 Å². The van der Waals surface area contributed by atoms with Gasteiger partial charge in [-0.1, -0.05) is 46.3 Å². The molecule has 26 heavy (non-hydrogen) atoms. The second kappa shape index (κ2) is 8.29. The molecule has 0 radical (unpaired) electrons. The smallest absolute Gasteiger partial charge is 0.323 e. The van der Waals surface area contributed by atoms with Crippen LogP contribution in [0.4, 0.5) is 0 Å². The van der Waals surface area contributed by atoms with Gasteiger partial charge >= 0.3 is 5.97 Å². The summed E-state index contributed by atoms with van der Waals surface area (Å²) in [5.74, 6) is -0.400. The lowest BCUT2D eigenvalue weighted by molar-refractivity contribution is -0.144. The van der Waals surface area contributed by atoms with Crippen molar-refractivity contribution in [3.05, 3.63) is 70.8 Å². The van der Waals surface area contributed by atoms with Crippen molar-refractivity contribution in [3.8, 4) is 16.9 Å². The molecule has 0 saturated carbocycles. The lowest BCUT2D eigenvalue weighted by atomic mass is 10.0. The predicted octanol–water partition coefficient (Wildman–Crippen LogP) is 3.73. The number of hydrogen-bond acceptors (Lipinski definition) is 4. The topological polar surface area (TPSA) is 70.1 Å². The molecule has 3 aromatic rings. The second-order valence-corrected chi connectivity index (χ2v) is 6.77. The van der Waals surface area contributed by atoms with Crippen LogP contribution in [-0.4, -0.2) is 28.4 Å². The summed E-state index contributed by atoms with van der Waals surface area (Å²) in [4.78, 5) is 11.9. The van der Waals surface area contributed by atoms with Gasteiger partial charge in [0.05, 0.1) is 18.0 Å². The fourth-order valence-corrected chi connectivity index (χ4v) is 2.96. The van der Waals surface area contributed by atoms with Gasteiger partial charge < -0.3 is 10.5 Å². The molecule has 0 bridgehead atoms. The van der Waals surface area contributed by atoms with Crippen LogP contribution in [0, 0.1) is 0 Å². The number of hydrogen-bond donors (Lipinski definition) is 1. The molecular formula is C20H20BrN3O2. The summed E-state index contributed by atoms with van der Waals surface area (Å²) < 4.78 is 7.84. The SMILES string of the molecule is CCOC(=O)C(N)Cc1cn(-c2ccc(Br)cc2)nc1-c1ccccc1. The Balaban J connectivity index is 1.98. The minimum Gasteiger partial charge on any atom is -0.465 e. The van der Waals surface area contributed by atoms with Gasteiger partial charge in [0.15, 0.2) is 0 Å². The summed E-state index contributed by atoms with van der Waals surface area (Å²) in [5, 5.41) is 4.73. The van der Waals surface area contributed by atoms with E-state index in [1.165, 1.54) is 0 Å². The van der Waals surface area contributed by atoms with Gasteiger partial charge in [0, 0.05) is 28.2 Å². The zero-order chi connectivity index (χ0) is 18.5. The average Bonchev–Trinajstić information content (AvgIpc) is 3.07. The quantitative estimate of drug-likeness (QED) is 0.624. The van der Waals surface area contributed by atoms with Crippen molar-refractivity contribution in [1.29, 1.82) is 0 Å². The van der Waals surface area contributed by atoms with E-state index in [9.17, 15) is 4.79 Å². The van der Waals surface area contributed by atoms with Crippen molar-refractivity contribution in [2.75, 3.05) is 6.61 Å². The number of aromatic nitrogens is 2. The number of halogens is 1. The maximum atomic E-state index is 11.9. The number of nitrogens with zero attached hydrogens (tertiary/aromatic N) is 2. The number of carbonyl (C=O) groups is 1. The summed E-state index contributed by atoms with van der Waals surface area (Å²) in [6, 6.07) is 17.0. The Hall–Kier alpha value is -2.44. The number of benzene rings is 2. The Bertz CT molecular complexity index is 876. The first kappa shape index (κ1) is 18.4. The molecule has 1 aromatic heterocycles. The minimum atomic E-state index is -0.722. The van der Waals surface area contributed by atoms with E-state index < -0.39 is 12.0 Å². The lowest BCUT2D eigenvalue weighted by Crippen LogP contribution is -2.34. The molecule has 0 amide bonds. The maximum Gasteiger partial charge on any atom is 0.323 e. The van der Waals surface area contributed by atoms with E-state index in [1.54, 1.807) is 6.92 Å². The van der Waals surface area contributed by atoms with Crippen LogP contribution in [0.25, 0.3) is 16.9 Å². The van der Waals surface area contributed by atoms with Crippen LogP contribution in [0.2, 0.25) is 0 Å². The Kier molecular flexibility index (Phi) is 5.85. The van der Waals surface area contributed by atoms with Gasteiger partial charge in [-0.3, -0.25) is 4.79 Å². The van der Waals surface area contributed by atoms with Crippen LogP contribution in [0.5, 0.6) is 0 Å². The predicted molar refractivity (Wildman–Crippen MR) is 105 cm³/mol. The molecule has 0 aliphatic carbocycles. The highest BCUT2D eigenvalue weighted by Gasteiger charge is 2.20. The summed E-state index contributed by atoms with van der Waals surface area (Å²) in [6.45, 7) is 2.09. The molecule has 0 fully saturated rings. The highest BCUT2D eigenvalue weighted by Crippen LogP contribution is 2.25. The van der Waals surface area contributed by atoms with Gasteiger partial charge in [0.1, 0.15) is 6.04 Å². The Morgan fingerprint density at radius 3 is 2.54 bits per heavy atom. The molecule has 2 N–H and O–H groups in total. The summed E-state index contributed by atoms with van der Waals surface area (Å²) in [6.07, 6.45) is 2.28. The van der Waals surface area contributed by atoms with Crippen molar-refractivity contribution < 1.29 is 9.53 Å². The van der Waals surface area contributed by atoms with E-state index in [1.807, 2.05) is 65.5 Å².